The van der Waals surface area contributed by atoms with E-state index in [1.54, 1.807) is 13.8 Å². The van der Waals surface area contributed by atoms with Gasteiger partial charge < -0.3 is 19.9 Å². The Morgan fingerprint density at radius 3 is 2.59 bits per heavy atom. The molecule has 1 aliphatic rings. The topological polar surface area (TPSA) is 70.6 Å². The number of aromatic nitrogens is 2. The van der Waals surface area contributed by atoms with Gasteiger partial charge in [0, 0.05) is 56.3 Å². The Hall–Kier alpha value is -3.52. The zero-order chi connectivity index (χ0) is 27.8. The quantitative estimate of drug-likeness (QED) is 0.337. The van der Waals surface area contributed by atoms with Crippen LogP contribution in [0.2, 0.25) is 0 Å². The molecule has 0 spiro atoms. The number of benzene rings is 1. The molecule has 1 fully saturated rings. The number of ether oxygens (including phenoxy) is 1. The smallest absolute Gasteiger partial charge is 0.253 e. The molecule has 208 valence electrons. The zero-order valence-corrected chi connectivity index (χ0v) is 23.5. The van der Waals surface area contributed by atoms with Crippen LogP contribution in [0.1, 0.15) is 60.3 Å². The molecule has 1 N–H and O–H groups in total. The Morgan fingerprint density at radius 1 is 1.21 bits per heavy atom. The van der Waals surface area contributed by atoms with Gasteiger partial charge in [-0.15, -0.1) is 0 Å². The lowest BCUT2D eigenvalue weighted by molar-refractivity contribution is 0.0943. The summed E-state index contributed by atoms with van der Waals surface area (Å²) in [5, 5.41) is 3.01. The maximum atomic E-state index is 13.5. The van der Waals surface area contributed by atoms with Gasteiger partial charge in [0.25, 0.3) is 5.91 Å². The second-order valence-corrected chi connectivity index (χ2v) is 10.3. The van der Waals surface area contributed by atoms with E-state index in [0.29, 0.717) is 42.1 Å². The van der Waals surface area contributed by atoms with E-state index in [4.69, 9.17) is 4.74 Å². The van der Waals surface area contributed by atoms with Crippen molar-refractivity contribution in [3.05, 3.63) is 83.2 Å². The van der Waals surface area contributed by atoms with Gasteiger partial charge >= 0.3 is 0 Å². The Labute approximate surface area is 231 Å². The number of carbonyl (C=O) groups excluding carboxylic acids is 1. The fraction of sp³-hybridized carbons (Fsp3) is 0.452. The second-order valence-electron chi connectivity index (χ2n) is 10.3. The van der Waals surface area contributed by atoms with Gasteiger partial charge in [-0.3, -0.25) is 9.78 Å². The van der Waals surface area contributed by atoms with Crippen molar-refractivity contribution < 1.29 is 13.9 Å². The average molecular weight is 534 g/mol. The highest BCUT2D eigenvalue weighted by Gasteiger charge is 2.27. The Balaban J connectivity index is 1.32. The number of rotatable bonds is 11. The van der Waals surface area contributed by atoms with Gasteiger partial charge in [-0.05, 0) is 94.5 Å². The summed E-state index contributed by atoms with van der Waals surface area (Å²) >= 11 is 0. The third kappa shape index (κ3) is 7.53. The fourth-order valence-corrected chi connectivity index (χ4v) is 5.45. The minimum atomic E-state index is -0.555. The molecule has 8 heteroatoms. The van der Waals surface area contributed by atoms with E-state index in [2.05, 4.69) is 50.2 Å². The van der Waals surface area contributed by atoms with E-state index in [1.807, 2.05) is 37.5 Å². The third-order valence-electron chi connectivity index (χ3n) is 7.56. The van der Waals surface area contributed by atoms with Gasteiger partial charge in [0.15, 0.2) is 0 Å². The lowest BCUT2D eigenvalue weighted by Crippen LogP contribution is -2.48. The SMILES string of the molecule is CCOc1ccc(N(Cc2cccnc2)C2CCN(C(C)CCNC(=O)c3c(C)cc(F)nc3C)CC2)cc1. The number of carbonyl (C=O) groups is 1. The summed E-state index contributed by atoms with van der Waals surface area (Å²) < 4.78 is 19.2. The third-order valence-corrected chi connectivity index (χ3v) is 7.56. The molecule has 1 aromatic carbocycles. The van der Waals surface area contributed by atoms with Crippen LogP contribution < -0.4 is 15.0 Å². The van der Waals surface area contributed by atoms with E-state index in [-0.39, 0.29) is 5.91 Å². The van der Waals surface area contributed by atoms with Crippen molar-refractivity contribution in [2.75, 3.05) is 31.1 Å². The van der Waals surface area contributed by atoms with Crippen molar-refractivity contribution in [3.8, 4) is 5.75 Å². The Kier molecular flexibility index (Phi) is 9.87. The molecule has 1 saturated heterocycles. The monoisotopic (exact) mass is 533 g/mol. The standard InChI is InChI=1S/C31H40FN5O2/c1-5-39-28-10-8-26(9-11-28)37(21-25-7-6-15-33-20-25)27-13-17-36(18-14-27)23(3)12-16-34-31(38)30-22(2)19-29(32)35-24(30)4/h6-11,15,19-20,23,27H,5,12-14,16-18,21H2,1-4H3,(H,34,38). The summed E-state index contributed by atoms with van der Waals surface area (Å²) in [5.74, 6) is 0.143. The van der Waals surface area contributed by atoms with Crippen LogP contribution in [0.5, 0.6) is 5.75 Å². The van der Waals surface area contributed by atoms with Crippen molar-refractivity contribution in [2.24, 2.45) is 0 Å². The summed E-state index contributed by atoms with van der Waals surface area (Å²) in [7, 11) is 0. The first kappa shape index (κ1) is 28.5. The molecule has 3 heterocycles. The number of nitrogens with one attached hydrogen (secondary N) is 1. The second kappa shape index (κ2) is 13.5. The molecule has 1 unspecified atom stereocenters. The molecule has 0 saturated carbocycles. The number of hydrogen-bond acceptors (Lipinski definition) is 6. The maximum absolute atomic E-state index is 13.5. The predicted molar refractivity (Wildman–Crippen MR) is 153 cm³/mol. The number of amides is 1. The molecular weight excluding hydrogens is 493 g/mol. The molecular formula is C31H40FN5O2. The molecule has 1 aliphatic heterocycles. The first-order chi connectivity index (χ1) is 18.9. The first-order valence-corrected chi connectivity index (χ1v) is 13.9. The van der Waals surface area contributed by atoms with Crippen molar-refractivity contribution >= 4 is 11.6 Å². The highest BCUT2D eigenvalue weighted by atomic mass is 19.1. The number of anilines is 1. The highest BCUT2D eigenvalue weighted by molar-refractivity contribution is 5.96. The van der Waals surface area contributed by atoms with Crippen LogP contribution in [-0.2, 0) is 6.54 Å². The van der Waals surface area contributed by atoms with Gasteiger partial charge in [0.2, 0.25) is 5.95 Å². The molecule has 1 amide bonds. The predicted octanol–water partition coefficient (Wildman–Crippen LogP) is 5.31. The van der Waals surface area contributed by atoms with Crippen molar-refractivity contribution in [1.82, 2.24) is 20.2 Å². The van der Waals surface area contributed by atoms with Gasteiger partial charge in [-0.25, -0.2) is 4.98 Å². The van der Waals surface area contributed by atoms with Crippen LogP contribution in [0.4, 0.5) is 10.1 Å². The largest absolute Gasteiger partial charge is 0.494 e. The van der Waals surface area contributed by atoms with E-state index in [0.717, 1.165) is 44.6 Å². The summed E-state index contributed by atoms with van der Waals surface area (Å²) in [5.41, 5.74) is 3.88. The fourth-order valence-electron chi connectivity index (χ4n) is 5.45. The summed E-state index contributed by atoms with van der Waals surface area (Å²) in [6, 6.07) is 14.6. The van der Waals surface area contributed by atoms with Gasteiger partial charge in [-0.2, -0.15) is 4.39 Å². The van der Waals surface area contributed by atoms with E-state index >= 15 is 0 Å². The first-order valence-electron chi connectivity index (χ1n) is 13.9. The minimum Gasteiger partial charge on any atom is -0.494 e. The number of nitrogens with zero attached hydrogens (tertiary/aromatic N) is 4. The molecule has 0 aliphatic carbocycles. The van der Waals surface area contributed by atoms with Crippen molar-refractivity contribution in [3.63, 3.8) is 0 Å². The zero-order valence-electron chi connectivity index (χ0n) is 23.5. The molecule has 1 atom stereocenters. The van der Waals surface area contributed by atoms with Crippen LogP contribution in [0.15, 0.2) is 54.9 Å². The summed E-state index contributed by atoms with van der Waals surface area (Å²) in [6.45, 7) is 11.7. The van der Waals surface area contributed by atoms with Crippen LogP contribution >= 0.6 is 0 Å². The Morgan fingerprint density at radius 2 is 1.95 bits per heavy atom. The van der Waals surface area contributed by atoms with Crippen LogP contribution in [0, 0.1) is 19.8 Å². The van der Waals surface area contributed by atoms with Gasteiger partial charge in [-0.1, -0.05) is 6.07 Å². The molecule has 0 bridgehead atoms. The van der Waals surface area contributed by atoms with Gasteiger partial charge in [0.05, 0.1) is 17.9 Å². The molecule has 0 radical (unpaired) electrons. The van der Waals surface area contributed by atoms with E-state index in [1.165, 1.54) is 17.3 Å². The minimum absolute atomic E-state index is 0.190. The van der Waals surface area contributed by atoms with Crippen LogP contribution in [-0.4, -0.2) is 59.1 Å². The lowest BCUT2D eigenvalue weighted by Gasteiger charge is -2.42. The maximum Gasteiger partial charge on any atom is 0.253 e. The number of likely N-dealkylation sites (tertiary alicyclic amines) is 1. The number of halogens is 1. The molecule has 7 nitrogen and oxygen atoms in total. The molecule has 4 rings (SSSR count). The average Bonchev–Trinajstić information content (AvgIpc) is 2.92. The van der Waals surface area contributed by atoms with E-state index in [9.17, 15) is 9.18 Å². The normalized spacial score (nSPS) is 15.1. The Bertz CT molecular complexity index is 1190. The number of piperidine rings is 1. The van der Waals surface area contributed by atoms with Crippen LogP contribution in [0.25, 0.3) is 0 Å². The van der Waals surface area contributed by atoms with Crippen molar-refractivity contribution in [1.29, 1.82) is 0 Å². The number of aryl methyl sites for hydroxylation is 2. The van der Waals surface area contributed by atoms with Crippen LogP contribution in [0.3, 0.4) is 0 Å². The lowest BCUT2D eigenvalue weighted by atomic mass is 9.99. The van der Waals surface area contributed by atoms with Crippen molar-refractivity contribution in [2.45, 2.75) is 65.6 Å². The number of pyridine rings is 2. The molecule has 2 aromatic heterocycles. The number of hydrogen-bond donors (Lipinski definition) is 1. The van der Waals surface area contributed by atoms with Gasteiger partial charge in [0.1, 0.15) is 5.75 Å². The summed E-state index contributed by atoms with van der Waals surface area (Å²) in [4.78, 5) is 25.8. The summed E-state index contributed by atoms with van der Waals surface area (Å²) in [6.07, 6.45) is 6.72. The van der Waals surface area contributed by atoms with E-state index < -0.39 is 5.95 Å². The molecule has 3 aromatic rings. The molecule has 39 heavy (non-hydrogen) atoms. The highest BCUT2D eigenvalue weighted by Crippen LogP contribution is 2.28.